The number of piperidine rings is 1. The van der Waals surface area contributed by atoms with Crippen LogP contribution in [0.2, 0.25) is 0 Å². The normalized spacial score (nSPS) is 17.2. The van der Waals surface area contributed by atoms with Crippen LogP contribution in [-0.4, -0.2) is 24.5 Å². The highest BCUT2D eigenvalue weighted by Gasteiger charge is 2.18. The van der Waals surface area contributed by atoms with Crippen LogP contribution in [0.1, 0.15) is 63.5 Å². The zero-order chi connectivity index (χ0) is 14.9. The predicted molar refractivity (Wildman–Crippen MR) is 92.8 cm³/mol. The topological polar surface area (TPSA) is 3.24 Å². The maximum Gasteiger partial charge on any atom is -0.00160 e. The van der Waals surface area contributed by atoms with E-state index in [1.54, 1.807) is 5.56 Å². The highest BCUT2D eigenvalue weighted by molar-refractivity contribution is 5.23. The van der Waals surface area contributed by atoms with Crippen LogP contribution in [0.4, 0.5) is 0 Å². The van der Waals surface area contributed by atoms with Crippen molar-refractivity contribution in [3.8, 4) is 0 Å². The molecule has 2 rings (SSSR count). The Labute approximate surface area is 131 Å². The van der Waals surface area contributed by atoms with Gasteiger partial charge in [-0.2, -0.15) is 0 Å². The quantitative estimate of drug-likeness (QED) is 0.602. The maximum atomic E-state index is 2.68. The van der Waals surface area contributed by atoms with Crippen molar-refractivity contribution < 1.29 is 0 Å². The summed E-state index contributed by atoms with van der Waals surface area (Å²) >= 11 is 0. The molecule has 0 aromatic heterocycles. The number of unbranched alkanes of at least 4 members (excludes halogenated alkanes) is 2. The molecule has 0 saturated carbocycles. The average molecular weight is 287 g/mol. The summed E-state index contributed by atoms with van der Waals surface area (Å²) in [6, 6.07) is 9.38. The molecule has 0 unspecified atom stereocenters. The second-order valence-corrected chi connectivity index (χ2v) is 6.76. The number of aryl methyl sites for hydroxylation is 1. The second-order valence-electron chi connectivity index (χ2n) is 6.76. The summed E-state index contributed by atoms with van der Waals surface area (Å²) in [7, 11) is 0. The van der Waals surface area contributed by atoms with Gasteiger partial charge in [0.15, 0.2) is 0 Å². The van der Waals surface area contributed by atoms with E-state index in [4.69, 9.17) is 0 Å². The van der Waals surface area contributed by atoms with Crippen LogP contribution in [0.3, 0.4) is 0 Å². The fourth-order valence-electron chi connectivity index (χ4n) is 3.46. The van der Waals surface area contributed by atoms with Crippen molar-refractivity contribution in [3.63, 3.8) is 0 Å². The van der Waals surface area contributed by atoms with E-state index in [0.717, 1.165) is 5.92 Å². The predicted octanol–water partition coefficient (Wildman–Crippen LogP) is 5.08. The van der Waals surface area contributed by atoms with Crippen LogP contribution in [0.5, 0.6) is 0 Å². The molecule has 1 aliphatic rings. The molecule has 1 saturated heterocycles. The van der Waals surface area contributed by atoms with E-state index in [2.05, 4.69) is 43.0 Å². The molecule has 1 heterocycles. The van der Waals surface area contributed by atoms with Gasteiger partial charge in [-0.3, -0.25) is 0 Å². The van der Waals surface area contributed by atoms with Crippen LogP contribution < -0.4 is 0 Å². The molecule has 1 aromatic carbocycles. The summed E-state index contributed by atoms with van der Waals surface area (Å²) in [5.74, 6) is 0.907. The third-order valence-electron chi connectivity index (χ3n) is 4.87. The molecule has 0 amide bonds. The van der Waals surface area contributed by atoms with Crippen molar-refractivity contribution in [2.45, 2.75) is 65.2 Å². The zero-order valence-electron chi connectivity index (χ0n) is 14.1. The van der Waals surface area contributed by atoms with Crippen molar-refractivity contribution in [2.75, 3.05) is 19.6 Å². The van der Waals surface area contributed by atoms with Crippen LogP contribution in [0.15, 0.2) is 24.3 Å². The number of benzene rings is 1. The summed E-state index contributed by atoms with van der Waals surface area (Å²) in [5.41, 5.74) is 3.03. The Hall–Kier alpha value is -0.820. The first-order valence-electron chi connectivity index (χ1n) is 9.12. The Balaban J connectivity index is 1.70. The third-order valence-corrected chi connectivity index (χ3v) is 4.87. The van der Waals surface area contributed by atoms with Crippen LogP contribution in [-0.2, 0) is 12.8 Å². The molecule has 0 bridgehead atoms. The van der Waals surface area contributed by atoms with Gasteiger partial charge in [-0.15, -0.1) is 0 Å². The zero-order valence-corrected chi connectivity index (χ0v) is 14.1. The minimum atomic E-state index is 0.907. The van der Waals surface area contributed by atoms with Gasteiger partial charge in [0.1, 0.15) is 0 Å². The molecule has 1 heteroatoms. The first kappa shape index (κ1) is 16.5. The standard InChI is InChI=1S/C20H33N/c1-3-5-6-14-21-15-12-20(13-16-21)17-19-10-8-18(7-4-2)9-11-19/h8-11,20H,3-7,12-17H2,1-2H3. The number of hydrogen-bond donors (Lipinski definition) is 0. The summed E-state index contributed by atoms with van der Waals surface area (Å²) in [6.45, 7) is 8.51. The SMILES string of the molecule is CCCCCN1CCC(Cc2ccc(CCC)cc2)CC1. The van der Waals surface area contributed by atoms with Gasteiger partial charge in [-0.25, -0.2) is 0 Å². The monoisotopic (exact) mass is 287 g/mol. The van der Waals surface area contributed by atoms with Gasteiger partial charge in [-0.05, 0) is 68.8 Å². The fraction of sp³-hybridized carbons (Fsp3) is 0.700. The van der Waals surface area contributed by atoms with E-state index in [1.807, 2.05) is 0 Å². The molecule has 0 spiro atoms. The van der Waals surface area contributed by atoms with Crippen LogP contribution >= 0.6 is 0 Å². The van der Waals surface area contributed by atoms with Gasteiger partial charge >= 0.3 is 0 Å². The molecular weight excluding hydrogens is 254 g/mol. The molecule has 21 heavy (non-hydrogen) atoms. The van der Waals surface area contributed by atoms with Crippen molar-refractivity contribution in [1.29, 1.82) is 0 Å². The minimum Gasteiger partial charge on any atom is -0.303 e. The van der Waals surface area contributed by atoms with Gasteiger partial charge in [0.25, 0.3) is 0 Å². The fourth-order valence-corrected chi connectivity index (χ4v) is 3.46. The van der Waals surface area contributed by atoms with E-state index in [9.17, 15) is 0 Å². The van der Waals surface area contributed by atoms with Gasteiger partial charge < -0.3 is 4.90 Å². The van der Waals surface area contributed by atoms with E-state index < -0.39 is 0 Å². The summed E-state index contributed by atoms with van der Waals surface area (Å²) in [4.78, 5) is 2.68. The first-order valence-corrected chi connectivity index (χ1v) is 9.12. The van der Waals surface area contributed by atoms with Crippen molar-refractivity contribution in [1.82, 2.24) is 4.90 Å². The van der Waals surface area contributed by atoms with Gasteiger partial charge in [0.05, 0.1) is 0 Å². The minimum absolute atomic E-state index is 0.907. The lowest BCUT2D eigenvalue weighted by atomic mass is 9.89. The smallest absolute Gasteiger partial charge is 0.00160 e. The molecule has 1 aromatic rings. The van der Waals surface area contributed by atoms with Crippen LogP contribution in [0.25, 0.3) is 0 Å². The van der Waals surface area contributed by atoms with E-state index >= 15 is 0 Å². The third kappa shape index (κ3) is 5.82. The van der Waals surface area contributed by atoms with E-state index in [-0.39, 0.29) is 0 Å². The summed E-state index contributed by atoms with van der Waals surface area (Å²) < 4.78 is 0. The molecule has 1 nitrogen and oxygen atoms in total. The Morgan fingerprint density at radius 2 is 1.57 bits per heavy atom. The molecule has 0 N–H and O–H groups in total. The molecule has 0 atom stereocenters. The lowest BCUT2D eigenvalue weighted by Gasteiger charge is -2.32. The highest BCUT2D eigenvalue weighted by atomic mass is 15.1. The molecule has 0 aliphatic carbocycles. The highest BCUT2D eigenvalue weighted by Crippen LogP contribution is 2.22. The Bertz CT molecular complexity index is 373. The van der Waals surface area contributed by atoms with Crippen molar-refractivity contribution >= 4 is 0 Å². The molecular formula is C20H33N. The van der Waals surface area contributed by atoms with Crippen molar-refractivity contribution in [3.05, 3.63) is 35.4 Å². The molecule has 118 valence electrons. The summed E-state index contributed by atoms with van der Waals surface area (Å²) in [6.07, 6.45) is 10.7. The van der Waals surface area contributed by atoms with Gasteiger partial charge in [0.2, 0.25) is 0 Å². The second kappa shape index (κ2) is 9.25. The van der Waals surface area contributed by atoms with E-state index in [0.29, 0.717) is 0 Å². The van der Waals surface area contributed by atoms with Gasteiger partial charge in [0, 0.05) is 0 Å². The largest absolute Gasteiger partial charge is 0.303 e. The van der Waals surface area contributed by atoms with Crippen molar-refractivity contribution in [2.24, 2.45) is 5.92 Å². The number of rotatable bonds is 8. The Morgan fingerprint density at radius 1 is 0.905 bits per heavy atom. The number of nitrogens with zero attached hydrogens (tertiary/aromatic N) is 1. The number of hydrogen-bond acceptors (Lipinski definition) is 1. The number of likely N-dealkylation sites (tertiary alicyclic amines) is 1. The summed E-state index contributed by atoms with van der Waals surface area (Å²) in [5, 5.41) is 0. The molecule has 1 aliphatic heterocycles. The Morgan fingerprint density at radius 3 is 2.19 bits per heavy atom. The Kier molecular flexibility index (Phi) is 7.29. The molecule has 0 radical (unpaired) electrons. The lowest BCUT2D eigenvalue weighted by molar-refractivity contribution is 0.181. The average Bonchev–Trinajstić information content (AvgIpc) is 2.51. The maximum absolute atomic E-state index is 2.68. The van der Waals surface area contributed by atoms with E-state index in [1.165, 1.54) is 76.6 Å². The van der Waals surface area contributed by atoms with Crippen LogP contribution in [0, 0.1) is 5.92 Å². The molecule has 1 fully saturated rings. The van der Waals surface area contributed by atoms with Gasteiger partial charge in [-0.1, -0.05) is 57.4 Å². The lowest BCUT2D eigenvalue weighted by Crippen LogP contribution is -2.35. The first-order chi connectivity index (χ1) is 10.3.